The molecule has 0 aliphatic carbocycles. The van der Waals surface area contributed by atoms with Crippen LogP contribution in [0.1, 0.15) is 53.4 Å². The van der Waals surface area contributed by atoms with Crippen LogP contribution in [0.25, 0.3) is 0 Å². The molecule has 1 N–H and O–H groups in total. The third kappa shape index (κ3) is 4.85. The molecule has 0 spiro atoms. The Kier molecular flexibility index (Phi) is 5.49. The van der Waals surface area contributed by atoms with Crippen molar-refractivity contribution in [2.45, 2.75) is 77.2 Å². The van der Waals surface area contributed by atoms with E-state index in [9.17, 15) is 4.79 Å². The van der Waals surface area contributed by atoms with Gasteiger partial charge in [-0.25, -0.2) is 4.79 Å². The van der Waals surface area contributed by atoms with Gasteiger partial charge in [0.25, 0.3) is 0 Å². The molecule has 2 fully saturated rings. The topological polar surface area (TPSA) is 50.8 Å². The van der Waals surface area contributed by atoms with Gasteiger partial charge in [0.1, 0.15) is 5.60 Å². The molecule has 0 aromatic carbocycles. The van der Waals surface area contributed by atoms with Crippen molar-refractivity contribution in [3.8, 4) is 0 Å². The van der Waals surface area contributed by atoms with Gasteiger partial charge >= 0.3 is 6.09 Å². The molecule has 2 heterocycles. The van der Waals surface area contributed by atoms with E-state index in [0.717, 1.165) is 45.4 Å². The molecular formula is C16H30N2O3. The van der Waals surface area contributed by atoms with Crippen molar-refractivity contribution in [1.29, 1.82) is 0 Å². The zero-order valence-electron chi connectivity index (χ0n) is 13.9. The van der Waals surface area contributed by atoms with Crippen LogP contribution in [0.3, 0.4) is 0 Å². The lowest BCUT2D eigenvalue weighted by molar-refractivity contribution is 0.0287. The average Bonchev–Trinajstić information content (AvgIpc) is 3.05. The van der Waals surface area contributed by atoms with E-state index in [0.29, 0.717) is 18.2 Å². The summed E-state index contributed by atoms with van der Waals surface area (Å²) in [5.41, 5.74) is -0.424. The number of nitrogens with one attached hydrogen (secondary N) is 1. The van der Waals surface area contributed by atoms with Gasteiger partial charge < -0.3 is 19.7 Å². The van der Waals surface area contributed by atoms with Crippen LogP contribution in [0.4, 0.5) is 4.79 Å². The van der Waals surface area contributed by atoms with Gasteiger partial charge in [0.05, 0.1) is 6.10 Å². The van der Waals surface area contributed by atoms with Crippen LogP contribution in [0.2, 0.25) is 0 Å². The largest absolute Gasteiger partial charge is 0.444 e. The van der Waals surface area contributed by atoms with Crippen LogP contribution in [-0.2, 0) is 9.47 Å². The third-order valence-corrected chi connectivity index (χ3v) is 4.14. The SMILES string of the molecule is CCC(NC1CCN(C(=O)OC(C)(C)C)C1)C1CCCO1. The Balaban J connectivity index is 1.80. The third-order valence-electron chi connectivity index (χ3n) is 4.14. The van der Waals surface area contributed by atoms with Gasteiger partial charge in [0.2, 0.25) is 0 Å². The van der Waals surface area contributed by atoms with Gasteiger partial charge in [-0.05, 0) is 46.5 Å². The van der Waals surface area contributed by atoms with Crippen molar-refractivity contribution in [3.63, 3.8) is 0 Å². The summed E-state index contributed by atoms with van der Waals surface area (Å²) >= 11 is 0. The monoisotopic (exact) mass is 298 g/mol. The number of likely N-dealkylation sites (tertiary alicyclic amines) is 1. The lowest BCUT2D eigenvalue weighted by Gasteiger charge is -2.27. The molecule has 21 heavy (non-hydrogen) atoms. The average molecular weight is 298 g/mol. The Morgan fingerprint density at radius 1 is 1.43 bits per heavy atom. The second-order valence-corrected chi connectivity index (χ2v) is 7.14. The molecule has 0 aromatic heterocycles. The zero-order valence-corrected chi connectivity index (χ0v) is 13.9. The summed E-state index contributed by atoms with van der Waals surface area (Å²) in [4.78, 5) is 13.9. The van der Waals surface area contributed by atoms with E-state index in [2.05, 4.69) is 12.2 Å². The van der Waals surface area contributed by atoms with Gasteiger partial charge in [-0.2, -0.15) is 0 Å². The summed E-state index contributed by atoms with van der Waals surface area (Å²) in [6.45, 7) is 10.3. The van der Waals surface area contributed by atoms with Gasteiger partial charge in [-0.15, -0.1) is 0 Å². The predicted octanol–water partition coefficient (Wildman–Crippen LogP) is 2.54. The molecule has 3 unspecified atom stereocenters. The normalized spacial score (nSPS) is 27.9. The van der Waals surface area contributed by atoms with E-state index in [-0.39, 0.29) is 6.09 Å². The van der Waals surface area contributed by atoms with E-state index >= 15 is 0 Å². The summed E-state index contributed by atoms with van der Waals surface area (Å²) in [6.07, 6.45) is 4.50. The van der Waals surface area contributed by atoms with Crippen molar-refractivity contribution >= 4 is 6.09 Å². The summed E-state index contributed by atoms with van der Waals surface area (Å²) < 4.78 is 11.2. The number of ether oxygens (including phenoxy) is 2. The van der Waals surface area contributed by atoms with E-state index < -0.39 is 5.60 Å². The van der Waals surface area contributed by atoms with Crippen molar-refractivity contribution in [2.75, 3.05) is 19.7 Å². The number of carbonyl (C=O) groups excluding carboxylic acids is 1. The number of nitrogens with zero attached hydrogens (tertiary/aromatic N) is 1. The van der Waals surface area contributed by atoms with Gasteiger partial charge in [-0.1, -0.05) is 6.92 Å². The van der Waals surface area contributed by atoms with E-state index in [4.69, 9.17) is 9.47 Å². The molecule has 0 saturated carbocycles. The maximum absolute atomic E-state index is 12.1. The molecule has 1 amide bonds. The fourth-order valence-corrected chi connectivity index (χ4v) is 3.10. The minimum atomic E-state index is -0.424. The first kappa shape index (κ1) is 16.6. The summed E-state index contributed by atoms with van der Waals surface area (Å²) in [7, 11) is 0. The fraction of sp³-hybridized carbons (Fsp3) is 0.938. The molecule has 0 bridgehead atoms. The van der Waals surface area contributed by atoms with E-state index in [1.54, 1.807) is 0 Å². The van der Waals surface area contributed by atoms with Gasteiger partial charge in [-0.3, -0.25) is 0 Å². The van der Waals surface area contributed by atoms with Crippen molar-refractivity contribution in [3.05, 3.63) is 0 Å². The maximum atomic E-state index is 12.1. The van der Waals surface area contributed by atoms with Crippen LogP contribution in [0.15, 0.2) is 0 Å². The highest BCUT2D eigenvalue weighted by Crippen LogP contribution is 2.20. The number of amides is 1. The fourth-order valence-electron chi connectivity index (χ4n) is 3.10. The van der Waals surface area contributed by atoms with Crippen molar-refractivity contribution < 1.29 is 14.3 Å². The molecule has 3 atom stereocenters. The molecule has 122 valence electrons. The number of rotatable bonds is 4. The molecule has 5 nitrogen and oxygen atoms in total. The highest BCUT2D eigenvalue weighted by molar-refractivity contribution is 5.68. The Hall–Kier alpha value is -0.810. The standard InChI is InChI=1S/C16H30N2O3/c1-5-13(14-7-6-10-20-14)17-12-8-9-18(11-12)15(19)21-16(2,3)4/h12-14,17H,5-11H2,1-4H3. The maximum Gasteiger partial charge on any atom is 0.410 e. The predicted molar refractivity (Wildman–Crippen MR) is 82.4 cm³/mol. The Morgan fingerprint density at radius 2 is 2.19 bits per heavy atom. The quantitative estimate of drug-likeness (QED) is 0.866. The zero-order chi connectivity index (χ0) is 15.5. The van der Waals surface area contributed by atoms with E-state index in [1.807, 2.05) is 25.7 Å². The Labute approximate surface area is 128 Å². The first-order valence-corrected chi connectivity index (χ1v) is 8.24. The summed E-state index contributed by atoms with van der Waals surface area (Å²) in [5.74, 6) is 0. The van der Waals surface area contributed by atoms with Crippen LogP contribution in [-0.4, -0.2) is 54.5 Å². The first-order valence-electron chi connectivity index (χ1n) is 8.24. The number of carbonyl (C=O) groups is 1. The highest BCUT2D eigenvalue weighted by Gasteiger charge is 2.33. The minimum absolute atomic E-state index is 0.197. The van der Waals surface area contributed by atoms with E-state index in [1.165, 1.54) is 0 Å². The summed E-state index contributed by atoms with van der Waals surface area (Å²) in [5, 5.41) is 3.68. The molecule has 2 rings (SSSR count). The first-order chi connectivity index (χ1) is 9.89. The Morgan fingerprint density at radius 3 is 2.76 bits per heavy atom. The second-order valence-electron chi connectivity index (χ2n) is 7.14. The molecule has 2 aliphatic heterocycles. The molecule has 5 heteroatoms. The lowest BCUT2D eigenvalue weighted by Crippen LogP contribution is -2.46. The summed E-state index contributed by atoms with van der Waals surface area (Å²) in [6, 6.07) is 0.753. The second kappa shape index (κ2) is 6.97. The molecule has 0 aromatic rings. The molecule has 0 radical (unpaired) electrons. The Bertz CT molecular complexity index is 348. The highest BCUT2D eigenvalue weighted by atomic mass is 16.6. The van der Waals surface area contributed by atoms with Crippen LogP contribution >= 0.6 is 0 Å². The number of hydrogen-bond acceptors (Lipinski definition) is 4. The van der Waals surface area contributed by atoms with Crippen LogP contribution < -0.4 is 5.32 Å². The number of hydrogen-bond donors (Lipinski definition) is 1. The molecular weight excluding hydrogens is 268 g/mol. The van der Waals surface area contributed by atoms with Crippen LogP contribution in [0.5, 0.6) is 0 Å². The minimum Gasteiger partial charge on any atom is -0.444 e. The van der Waals surface area contributed by atoms with Gasteiger partial charge in [0.15, 0.2) is 0 Å². The van der Waals surface area contributed by atoms with Crippen molar-refractivity contribution in [2.24, 2.45) is 0 Å². The smallest absolute Gasteiger partial charge is 0.410 e. The van der Waals surface area contributed by atoms with Crippen LogP contribution in [0, 0.1) is 0 Å². The molecule has 2 aliphatic rings. The van der Waals surface area contributed by atoms with Crippen molar-refractivity contribution in [1.82, 2.24) is 10.2 Å². The lowest BCUT2D eigenvalue weighted by atomic mass is 10.0. The van der Waals surface area contributed by atoms with Gasteiger partial charge in [0, 0.05) is 31.8 Å². The molecule has 2 saturated heterocycles.